The van der Waals surface area contributed by atoms with Crippen molar-refractivity contribution < 1.29 is 4.79 Å². The molecular formula is C19H20N4OS. The van der Waals surface area contributed by atoms with Crippen LogP contribution in [-0.2, 0) is 6.54 Å². The fourth-order valence-corrected chi connectivity index (χ4v) is 4.44. The van der Waals surface area contributed by atoms with E-state index < -0.39 is 0 Å². The number of nitrogens with two attached hydrogens (primary N) is 1. The van der Waals surface area contributed by atoms with Crippen LogP contribution in [0.3, 0.4) is 0 Å². The summed E-state index contributed by atoms with van der Waals surface area (Å²) < 4.78 is 1.86. The molecule has 128 valence electrons. The fourth-order valence-electron chi connectivity index (χ4n) is 3.41. The number of likely N-dealkylation sites (tertiary alicyclic amines) is 1. The first-order valence-corrected chi connectivity index (χ1v) is 9.25. The summed E-state index contributed by atoms with van der Waals surface area (Å²) >= 11 is 1.53. The van der Waals surface area contributed by atoms with Gasteiger partial charge in [-0.1, -0.05) is 12.1 Å². The summed E-state index contributed by atoms with van der Waals surface area (Å²) in [6.07, 6.45) is 6.03. The Bertz CT molecular complexity index is 854. The van der Waals surface area contributed by atoms with Crippen LogP contribution in [0.1, 0.15) is 39.0 Å². The minimum atomic E-state index is -0.338. The smallest absolute Gasteiger partial charge is 0.258 e. The van der Waals surface area contributed by atoms with Gasteiger partial charge in [-0.15, -0.1) is 11.3 Å². The van der Waals surface area contributed by atoms with Gasteiger partial charge < -0.3 is 5.73 Å². The molecule has 3 aromatic rings. The summed E-state index contributed by atoms with van der Waals surface area (Å²) in [4.78, 5) is 15.7. The van der Waals surface area contributed by atoms with Gasteiger partial charge in [0, 0.05) is 29.9 Å². The van der Waals surface area contributed by atoms with E-state index in [0.717, 1.165) is 25.2 Å². The quantitative estimate of drug-likeness (QED) is 0.766. The lowest BCUT2D eigenvalue weighted by Gasteiger charge is -2.23. The molecule has 0 aliphatic carbocycles. The van der Waals surface area contributed by atoms with Gasteiger partial charge in [0.25, 0.3) is 5.91 Å². The van der Waals surface area contributed by atoms with E-state index in [1.165, 1.54) is 28.2 Å². The van der Waals surface area contributed by atoms with Crippen LogP contribution in [0, 0.1) is 0 Å². The molecule has 2 aromatic heterocycles. The van der Waals surface area contributed by atoms with E-state index in [2.05, 4.69) is 40.3 Å². The highest BCUT2D eigenvalue weighted by Crippen LogP contribution is 2.36. The molecule has 1 saturated heterocycles. The molecule has 1 atom stereocenters. The SMILES string of the molecule is NC(=O)c1ccc([C@@H]2CCCN2Cc2ccc(-n3cccn3)cc2)s1. The van der Waals surface area contributed by atoms with Crippen LogP contribution < -0.4 is 5.73 Å². The zero-order valence-electron chi connectivity index (χ0n) is 13.8. The molecule has 0 saturated carbocycles. The first-order valence-electron chi connectivity index (χ1n) is 8.43. The van der Waals surface area contributed by atoms with Gasteiger partial charge in [-0.2, -0.15) is 5.10 Å². The predicted octanol–water partition coefficient (Wildman–Crippen LogP) is 3.37. The highest BCUT2D eigenvalue weighted by molar-refractivity contribution is 7.14. The van der Waals surface area contributed by atoms with Crippen LogP contribution in [0.25, 0.3) is 5.69 Å². The molecule has 0 bridgehead atoms. The van der Waals surface area contributed by atoms with E-state index in [-0.39, 0.29) is 5.91 Å². The van der Waals surface area contributed by atoms with Crippen molar-refractivity contribution in [2.75, 3.05) is 6.54 Å². The molecular weight excluding hydrogens is 332 g/mol. The number of amides is 1. The monoisotopic (exact) mass is 352 g/mol. The molecule has 0 spiro atoms. The first kappa shape index (κ1) is 16.1. The Balaban J connectivity index is 1.48. The normalized spacial score (nSPS) is 17.8. The van der Waals surface area contributed by atoms with Crippen molar-refractivity contribution in [3.8, 4) is 5.69 Å². The standard InChI is InChI=1S/C19H20N4OS/c20-19(24)18-9-8-17(25-18)16-3-1-11-22(16)13-14-4-6-15(7-5-14)23-12-2-10-21-23/h2,4-10,12,16H,1,3,11,13H2,(H2,20,24)/t16-/m0/s1. The zero-order chi connectivity index (χ0) is 17.2. The Labute approximate surface area is 150 Å². The molecule has 25 heavy (non-hydrogen) atoms. The van der Waals surface area contributed by atoms with Gasteiger partial charge in [-0.3, -0.25) is 9.69 Å². The lowest BCUT2D eigenvalue weighted by Crippen LogP contribution is -2.22. The molecule has 3 heterocycles. The van der Waals surface area contributed by atoms with Crippen LogP contribution in [0.15, 0.2) is 54.9 Å². The highest BCUT2D eigenvalue weighted by atomic mass is 32.1. The number of benzene rings is 1. The number of hydrogen-bond acceptors (Lipinski definition) is 4. The molecule has 6 heteroatoms. The number of aromatic nitrogens is 2. The molecule has 0 radical (unpaired) electrons. The maximum absolute atomic E-state index is 11.3. The molecule has 1 aliphatic rings. The number of carbonyl (C=O) groups is 1. The second-order valence-corrected chi connectivity index (χ2v) is 7.43. The average Bonchev–Trinajstić information content (AvgIpc) is 3.36. The number of primary amides is 1. The van der Waals surface area contributed by atoms with Crippen molar-refractivity contribution in [2.45, 2.75) is 25.4 Å². The third-order valence-corrected chi connectivity index (χ3v) is 5.85. The molecule has 2 N–H and O–H groups in total. The summed E-state index contributed by atoms with van der Waals surface area (Å²) in [5, 5.41) is 4.26. The lowest BCUT2D eigenvalue weighted by atomic mass is 10.1. The van der Waals surface area contributed by atoms with Gasteiger partial charge >= 0.3 is 0 Å². The van der Waals surface area contributed by atoms with E-state index in [9.17, 15) is 4.79 Å². The van der Waals surface area contributed by atoms with Crippen molar-refractivity contribution in [3.05, 3.63) is 70.2 Å². The summed E-state index contributed by atoms with van der Waals surface area (Å²) in [6.45, 7) is 1.99. The third-order valence-electron chi connectivity index (χ3n) is 4.65. The Morgan fingerprint density at radius 2 is 2.08 bits per heavy atom. The van der Waals surface area contributed by atoms with Crippen LogP contribution in [0.5, 0.6) is 0 Å². The Hall–Kier alpha value is -2.44. The van der Waals surface area contributed by atoms with E-state index in [0.29, 0.717) is 10.9 Å². The predicted molar refractivity (Wildman–Crippen MR) is 98.8 cm³/mol. The summed E-state index contributed by atoms with van der Waals surface area (Å²) in [7, 11) is 0. The van der Waals surface area contributed by atoms with Crippen molar-refractivity contribution in [1.29, 1.82) is 0 Å². The fraction of sp³-hybridized carbons (Fsp3) is 0.263. The maximum Gasteiger partial charge on any atom is 0.258 e. The Kier molecular flexibility index (Phi) is 4.38. The van der Waals surface area contributed by atoms with Gasteiger partial charge in [0.2, 0.25) is 0 Å². The molecule has 4 rings (SSSR count). The topological polar surface area (TPSA) is 64.2 Å². The Morgan fingerprint density at radius 1 is 1.24 bits per heavy atom. The van der Waals surface area contributed by atoms with Gasteiger partial charge in [0.15, 0.2) is 0 Å². The third kappa shape index (κ3) is 3.36. The maximum atomic E-state index is 11.3. The molecule has 1 aliphatic heterocycles. The van der Waals surface area contributed by atoms with Gasteiger partial charge in [0.05, 0.1) is 10.6 Å². The lowest BCUT2D eigenvalue weighted by molar-refractivity contribution is 0.100. The average molecular weight is 352 g/mol. The van der Waals surface area contributed by atoms with Crippen molar-refractivity contribution in [1.82, 2.24) is 14.7 Å². The molecule has 1 aromatic carbocycles. The number of carbonyl (C=O) groups excluding carboxylic acids is 1. The molecule has 0 unspecified atom stereocenters. The van der Waals surface area contributed by atoms with E-state index >= 15 is 0 Å². The summed E-state index contributed by atoms with van der Waals surface area (Å²) in [5.74, 6) is -0.338. The number of rotatable bonds is 5. The second kappa shape index (κ2) is 6.82. The minimum Gasteiger partial charge on any atom is -0.365 e. The number of nitrogens with zero attached hydrogens (tertiary/aromatic N) is 3. The van der Waals surface area contributed by atoms with Crippen LogP contribution in [0.2, 0.25) is 0 Å². The van der Waals surface area contributed by atoms with E-state index in [1.54, 1.807) is 6.20 Å². The van der Waals surface area contributed by atoms with Gasteiger partial charge in [-0.25, -0.2) is 4.68 Å². The number of hydrogen-bond donors (Lipinski definition) is 1. The second-order valence-electron chi connectivity index (χ2n) is 6.31. The van der Waals surface area contributed by atoms with Crippen molar-refractivity contribution in [3.63, 3.8) is 0 Å². The van der Waals surface area contributed by atoms with E-state index in [1.807, 2.05) is 23.0 Å². The molecule has 1 fully saturated rings. The van der Waals surface area contributed by atoms with Gasteiger partial charge in [0.1, 0.15) is 0 Å². The van der Waals surface area contributed by atoms with Crippen LogP contribution in [-0.4, -0.2) is 27.1 Å². The summed E-state index contributed by atoms with van der Waals surface area (Å²) in [5.41, 5.74) is 7.74. The first-order chi connectivity index (χ1) is 12.2. The molecule has 5 nitrogen and oxygen atoms in total. The molecule has 1 amide bonds. The highest BCUT2D eigenvalue weighted by Gasteiger charge is 2.27. The van der Waals surface area contributed by atoms with Crippen LogP contribution >= 0.6 is 11.3 Å². The largest absolute Gasteiger partial charge is 0.365 e. The summed E-state index contributed by atoms with van der Waals surface area (Å²) in [6, 6.07) is 14.7. The van der Waals surface area contributed by atoms with E-state index in [4.69, 9.17) is 5.73 Å². The minimum absolute atomic E-state index is 0.338. The van der Waals surface area contributed by atoms with Gasteiger partial charge in [-0.05, 0) is 55.3 Å². The van der Waals surface area contributed by atoms with Crippen LogP contribution in [0.4, 0.5) is 0 Å². The van der Waals surface area contributed by atoms with Crippen molar-refractivity contribution in [2.24, 2.45) is 5.73 Å². The zero-order valence-corrected chi connectivity index (χ0v) is 14.7. The number of thiophene rings is 1. The Morgan fingerprint density at radius 3 is 2.76 bits per heavy atom. The van der Waals surface area contributed by atoms with Crippen molar-refractivity contribution >= 4 is 17.2 Å².